The van der Waals surface area contributed by atoms with Gasteiger partial charge < -0.3 is 10.2 Å². The molecule has 2 N–H and O–H groups in total. The molecular weight excluding hydrogens is 210 g/mol. The zero-order chi connectivity index (χ0) is 12.7. The second-order valence-corrected chi connectivity index (χ2v) is 4.24. The van der Waals surface area contributed by atoms with Crippen molar-refractivity contribution in [2.45, 2.75) is 33.1 Å². The van der Waals surface area contributed by atoms with Crippen LogP contribution in [0.5, 0.6) is 0 Å². The largest absolute Gasteiger partial charge is 0.481 e. The zero-order valence-electron chi connectivity index (χ0n) is 9.51. The lowest BCUT2D eigenvalue weighted by atomic mass is 9.84. The van der Waals surface area contributed by atoms with Crippen molar-refractivity contribution in [1.82, 2.24) is 0 Å². The van der Waals surface area contributed by atoms with Crippen LogP contribution in [0.3, 0.4) is 0 Å². The summed E-state index contributed by atoms with van der Waals surface area (Å²) in [6.07, 6.45) is 0.274. The van der Waals surface area contributed by atoms with E-state index in [1.807, 2.05) is 19.9 Å². The molecule has 16 heavy (non-hydrogen) atoms. The van der Waals surface area contributed by atoms with Gasteiger partial charge in [-0.15, -0.1) is 0 Å². The SMILES string of the molecule is CC(C)CC(C#N)C(CCC(=O)O)C(=O)O. The molecule has 0 aromatic carbocycles. The molecule has 2 unspecified atom stereocenters. The molecule has 0 saturated heterocycles. The first-order valence-electron chi connectivity index (χ1n) is 5.22. The second-order valence-electron chi connectivity index (χ2n) is 4.24. The molecule has 0 fully saturated rings. The summed E-state index contributed by atoms with van der Waals surface area (Å²) in [6, 6.07) is 1.96. The van der Waals surface area contributed by atoms with Crippen LogP contribution in [0, 0.1) is 29.1 Å². The van der Waals surface area contributed by atoms with Gasteiger partial charge in [-0.05, 0) is 18.8 Å². The van der Waals surface area contributed by atoms with E-state index in [0.29, 0.717) is 6.42 Å². The van der Waals surface area contributed by atoms with Crippen LogP contribution in [0.15, 0.2) is 0 Å². The van der Waals surface area contributed by atoms with E-state index in [1.165, 1.54) is 0 Å². The van der Waals surface area contributed by atoms with Crippen LogP contribution in [-0.4, -0.2) is 22.2 Å². The lowest BCUT2D eigenvalue weighted by Gasteiger charge is -2.18. The van der Waals surface area contributed by atoms with Crippen molar-refractivity contribution >= 4 is 11.9 Å². The number of rotatable bonds is 7. The van der Waals surface area contributed by atoms with E-state index in [-0.39, 0.29) is 18.8 Å². The molecule has 0 saturated carbocycles. The number of nitriles is 1. The first-order chi connectivity index (χ1) is 7.38. The minimum absolute atomic E-state index is 0.00954. The molecule has 0 spiro atoms. The highest BCUT2D eigenvalue weighted by Crippen LogP contribution is 2.24. The Bertz CT molecular complexity index is 293. The van der Waals surface area contributed by atoms with Gasteiger partial charge in [0.1, 0.15) is 0 Å². The summed E-state index contributed by atoms with van der Waals surface area (Å²) >= 11 is 0. The van der Waals surface area contributed by atoms with Crippen LogP contribution in [0.2, 0.25) is 0 Å². The van der Waals surface area contributed by atoms with Gasteiger partial charge in [0.2, 0.25) is 0 Å². The van der Waals surface area contributed by atoms with Gasteiger partial charge in [0, 0.05) is 6.42 Å². The molecule has 0 aliphatic rings. The van der Waals surface area contributed by atoms with Crippen molar-refractivity contribution in [1.29, 1.82) is 5.26 Å². The average molecular weight is 227 g/mol. The predicted molar refractivity (Wildman–Crippen MR) is 56.6 cm³/mol. The maximum Gasteiger partial charge on any atom is 0.307 e. The van der Waals surface area contributed by atoms with E-state index in [4.69, 9.17) is 15.5 Å². The van der Waals surface area contributed by atoms with Gasteiger partial charge in [-0.2, -0.15) is 5.26 Å². The summed E-state index contributed by atoms with van der Waals surface area (Å²) in [5, 5.41) is 26.4. The molecule has 90 valence electrons. The highest BCUT2D eigenvalue weighted by Gasteiger charge is 2.29. The molecule has 0 aromatic heterocycles. The summed E-state index contributed by atoms with van der Waals surface area (Å²) in [5.74, 6) is -3.40. The molecular formula is C11H17NO4. The zero-order valence-corrected chi connectivity index (χ0v) is 9.51. The molecule has 0 heterocycles. The van der Waals surface area contributed by atoms with Crippen molar-refractivity contribution in [2.24, 2.45) is 17.8 Å². The van der Waals surface area contributed by atoms with E-state index >= 15 is 0 Å². The molecule has 0 aromatic rings. The quantitative estimate of drug-likeness (QED) is 0.690. The van der Waals surface area contributed by atoms with E-state index in [1.54, 1.807) is 0 Å². The number of carbonyl (C=O) groups is 2. The lowest BCUT2D eigenvalue weighted by molar-refractivity contribution is -0.144. The summed E-state index contributed by atoms with van der Waals surface area (Å²) < 4.78 is 0. The molecule has 5 heteroatoms. The molecule has 5 nitrogen and oxygen atoms in total. The van der Waals surface area contributed by atoms with Crippen LogP contribution in [0.4, 0.5) is 0 Å². The van der Waals surface area contributed by atoms with Gasteiger partial charge in [-0.25, -0.2) is 0 Å². The van der Waals surface area contributed by atoms with Crippen LogP contribution in [-0.2, 0) is 9.59 Å². The number of nitrogens with zero attached hydrogens (tertiary/aromatic N) is 1. The van der Waals surface area contributed by atoms with E-state index in [9.17, 15) is 9.59 Å². The van der Waals surface area contributed by atoms with Gasteiger partial charge in [-0.3, -0.25) is 9.59 Å². The van der Waals surface area contributed by atoms with Crippen molar-refractivity contribution in [3.8, 4) is 6.07 Å². The number of hydrogen-bond donors (Lipinski definition) is 2. The number of carboxylic acid groups (broad SMARTS) is 2. The van der Waals surface area contributed by atoms with E-state index in [0.717, 1.165) is 0 Å². The average Bonchev–Trinajstić information content (AvgIpc) is 2.14. The number of hydrogen-bond acceptors (Lipinski definition) is 3. The van der Waals surface area contributed by atoms with Gasteiger partial charge >= 0.3 is 11.9 Å². The Hall–Kier alpha value is -1.57. The Morgan fingerprint density at radius 1 is 1.31 bits per heavy atom. The Labute approximate surface area is 94.7 Å². The molecule has 2 atom stereocenters. The lowest BCUT2D eigenvalue weighted by Crippen LogP contribution is -2.24. The van der Waals surface area contributed by atoms with Gasteiger partial charge in [-0.1, -0.05) is 13.8 Å². The Balaban J connectivity index is 4.54. The third-order valence-electron chi connectivity index (χ3n) is 2.36. The maximum atomic E-state index is 10.9. The van der Waals surface area contributed by atoms with Crippen LogP contribution in [0.25, 0.3) is 0 Å². The van der Waals surface area contributed by atoms with Crippen LogP contribution in [0.1, 0.15) is 33.1 Å². The molecule has 0 aliphatic carbocycles. The third kappa shape index (κ3) is 5.35. The summed E-state index contributed by atoms with van der Waals surface area (Å²) in [6.45, 7) is 3.81. The monoisotopic (exact) mass is 227 g/mol. The van der Waals surface area contributed by atoms with Gasteiger partial charge in [0.15, 0.2) is 0 Å². The summed E-state index contributed by atoms with van der Waals surface area (Å²) in [4.78, 5) is 21.3. The minimum atomic E-state index is -1.09. The Kier molecular flexibility index (Phi) is 6.16. The Morgan fingerprint density at radius 3 is 2.19 bits per heavy atom. The normalized spacial score (nSPS) is 14.1. The van der Waals surface area contributed by atoms with Crippen molar-refractivity contribution < 1.29 is 19.8 Å². The molecule has 0 rings (SSSR count). The molecule has 0 bridgehead atoms. The standard InChI is InChI=1S/C11H17NO4/c1-7(2)5-8(6-12)9(11(15)16)3-4-10(13)14/h7-9H,3-5H2,1-2H3,(H,13,14)(H,15,16). The Morgan fingerprint density at radius 2 is 1.88 bits per heavy atom. The highest BCUT2D eigenvalue weighted by atomic mass is 16.4. The van der Waals surface area contributed by atoms with Crippen LogP contribution < -0.4 is 0 Å². The minimum Gasteiger partial charge on any atom is -0.481 e. The third-order valence-corrected chi connectivity index (χ3v) is 2.36. The predicted octanol–water partition coefficient (Wildman–Crippen LogP) is 1.74. The molecule has 0 aliphatic heterocycles. The summed E-state index contributed by atoms with van der Waals surface area (Å²) in [7, 11) is 0. The van der Waals surface area contributed by atoms with Gasteiger partial charge in [0.05, 0.1) is 17.9 Å². The smallest absolute Gasteiger partial charge is 0.307 e. The fourth-order valence-corrected chi connectivity index (χ4v) is 1.59. The van der Waals surface area contributed by atoms with E-state index in [2.05, 4.69) is 0 Å². The fraction of sp³-hybridized carbons (Fsp3) is 0.727. The highest BCUT2D eigenvalue weighted by molar-refractivity contribution is 5.72. The van der Waals surface area contributed by atoms with Crippen molar-refractivity contribution in [3.05, 3.63) is 0 Å². The fourth-order valence-electron chi connectivity index (χ4n) is 1.59. The van der Waals surface area contributed by atoms with Crippen molar-refractivity contribution in [2.75, 3.05) is 0 Å². The van der Waals surface area contributed by atoms with Crippen molar-refractivity contribution in [3.63, 3.8) is 0 Å². The van der Waals surface area contributed by atoms with Crippen LogP contribution >= 0.6 is 0 Å². The second kappa shape index (κ2) is 6.83. The van der Waals surface area contributed by atoms with E-state index < -0.39 is 23.8 Å². The summed E-state index contributed by atoms with van der Waals surface area (Å²) in [5.41, 5.74) is 0. The first kappa shape index (κ1) is 14.4. The number of carboxylic acids is 2. The maximum absolute atomic E-state index is 10.9. The van der Waals surface area contributed by atoms with Gasteiger partial charge in [0.25, 0.3) is 0 Å². The first-order valence-corrected chi connectivity index (χ1v) is 5.22. The molecule has 0 radical (unpaired) electrons. The molecule has 0 amide bonds. The number of aliphatic carboxylic acids is 2. The topological polar surface area (TPSA) is 98.4 Å².